The Morgan fingerprint density at radius 2 is 1.77 bits per heavy atom. The Morgan fingerprint density at radius 3 is 2.46 bits per heavy atom. The lowest BCUT2D eigenvalue weighted by Crippen LogP contribution is -2.08. The molecule has 0 fully saturated rings. The smallest absolute Gasteiger partial charge is 0.355 e. The molecule has 3 N–H and O–H groups in total. The number of rotatable bonds is 6. The van der Waals surface area contributed by atoms with Gasteiger partial charge in [0.2, 0.25) is 5.82 Å². The lowest BCUT2D eigenvalue weighted by atomic mass is 10.1. The van der Waals surface area contributed by atoms with E-state index in [1.165, 1.54) is 16.9 Å². The van der Waals surface area contributed by atoms with Crippen molar-refractivity contribution in [2.45, 2.75) is 19.1 Å². The van der Waals surface area contributed by atoms with Gasteiger partial charge >= 0.3 is 6.18 Å². The van der Waals surface area contributed by atoms with Gasteiger partial charge < -0.3 is 11.1 Å². The fourth-order valence-corrected chi connectivity index (χ4v) is 2.36. The molecule has 9 heteroatoms. The predicted octanol–water partition coefficient (Wildman–Crippen LogP) is 3.45. The molecule has 0 aliphatic rings. The fourth-order valence-electron chi connectivity index (χ4n) is 2.36. The average molecular weight is 362 g/mol. The third kappa shape index (κ3) is 4.17. The number of anilines is 2. The normalized spacial score (nSPS) is 11.5. The maximum atomic E-state index is 12.7. The largest absolute Gasteiger partial charge is 0.416 e. The van der Waals surface area contributed by atoms with E-state index in [4.69, 9.17) is 5.73 Å². The molecule has 26 heavy (non-hydrogen) atoms. The molecule has 0 aliphatic heterocycles. The molecule has 2 aromatic carbocycles. The number of alkyl halides is 3. The zero-order chi connectivity index (χ0) is 18.6. The van der Waals surface area contributed by atoms with E-state index >= 15 is 0 Å². The summed E-state index contributed by atoms with van der Waals surface area (Å²) in [5, 5.41) is 15.4. The van der Waals surface area contributed by atoms with Crippen LogP contribution in [0.1, 0.15) is 12.0 Å². The summed E-state index contributed by atoms with van der Waals surface area (Å²) in [4.78, 5) is 1.47. The standard InChI is InChI=1S/C17H17F3N6/c18-17(19,20)12-6-8-13(9-7-12)22-15-5-2-1-4-14(15)16-23-25-26(24-16)11-3-10-21/h1-2,4-9,22H,3,10-11,21H2. The number of nitrogens with one attached hydrogen (secondary N) is 1. The van der Waals surface area contributed by atoms with Crippen molar-refractivity contribution in [1.82, 2.24) is 20.2 Å². The first-order chi connectivity index (χ1) is 12.5. The number of para-hydroxylation sites is 1. The average Bonchev–Trinajstić information content (AvgIpc) is 3.09. The van der Waals surface area contributed by atoms with Gasteiger partial charge in [-0.25, -0.2) is 0 Å². The molecule has 3 aromatic rings. The monoisotopic (exact) mass is 362 g/mol. The number of halogens is 3. The second-order valence-electron chi connectivity index (χ2n) is 5.60. The van der Waals surface area contributed by atoms with Gasteiger partial charge in [-0.2, -0.15) is 18.0 Å². The Bertz CT molecular complexity index is 857. The molecule has 0 saturated heterocycles. The van der Waals surface area contributed by atoms with Crippen LogP contribution in [-0.4, -0.2) is 26.8 Å². The minimum Gasteiger partial charge on any atom is -0.355 e. The highest BCUT2D eigenvalue weighted by molar-refractivity contribution is 5.77. The molecule has 0 saturated carbocycles. The molecule has 6 nitrogen and oxygen atoms in total. The molecular weight excluding hydrogens is 345 g/mol. The Balaban J connectivity index is 1.82. The number of benzene rings is 2. The van der Waals surface area contributed by atoms with E-state index in [0.29, 0.717) is 35.9 Å². The molecule has 0 bridgehead atoms. The van der Waals surface area contributed by atoms with E-state index in [-0.39, 0.29) is 0 Å². The molecule has 0 spiro atoms. The van der Waals surface area contributed by atoms with Crippen LogP contribution in [0.25, 0.3) is 11.4 Å². The third-order valence-electron chi connectivity index (χ3n) is 3.67. The van der Waals surface area contributed by atoms with E-state index in [2.05, 4.69) is 20.7 Å². The first-order valence-corrected chi connectivity index (χ1v) is 7.99. The van der Waals surface area contributed by atoms with E-state index in [0.717, 1.165) is 18.6 Å². The lowest BCUT2D eigenvalue weighted by molar-refractivity contribution is -0.137. The highest BCUT2D eigenvalue weighted by atomic mass is 19.4. The molecule has 0 radical (unpaired) electrons. The number of hydrogen-bond donors (Lipinski definition) is 2. The number of tetrazole rings is 1. The maximum absolute atomic E-state index is 12.7. The van der Waals surface area contributed by atoms with Crippen molar-refractivity contribution in [3.63, 3.8) is 0 Å². The van der Waals surface area contributed by atoms with Crippen molar-refractivity contribution in [3.8, 4) is 11.4 Å². The molecule has 0 aliphatic carbocycles. The van der Waals surface area contributed by atoms with Crippen LogP contribution < -0.4 is 11.1 Å². The summed E-state index contributed by atoms with van der Waals surface area (Å²) in [5.41, 5.74) is 6.68. The van der Waals surface area contributed by atoms with Crippen molar-refractivity contribution in [2.24, 2.45) is 5.73 Å². The summed E-state index contributed by atoms with van der Waals surface area (Å²) in [6.45, 7) is 1.10. The molecular formula is C17H17F3N6. The number of aromatic nitrogens is 4. The first kappa shape index (κ1) is 17.9. The van der Waals surface area contributed by atoms with Crippen LogP contribution in [0.15, 0.2) is 48.5 Å². The van der Waals surface area contributed by atoms with Crippen molar-refractivity contribution in [2.75, 3.05) is 11.9 Å². The van der Waals surface area contributed by atoms with Crippen LogP contribution in [0.5, 0.6) is 0 Å². The summed E-state index contributed by atoms with van der Waals surface area (Å²) >= 11 is 0. The van der Waals surface area contributed by atoms with E-state index in [9.17, 15) is 13.2 Å². The number of hydrogen-bond acceptors (Lipinski definition) is 5. The molecule has 0 unspecified atom stereocenters. The Kier molecular flexibility index (Phi) is 5.17. The topological polar surface area (TPSA) is 81.7 Å². The summed E-state index contributed by atoms with van der Waals surface area (Å²) in [7, 11) is 0. The highest BCUT2D eigenvalue weighted by Crippen LogP contribution is 2.32. The molecule has 0 atom stereocenters. The fraction of sp³-hybridized carbons (Fsp3) is 0.235. The van der Waals surface area contributed by atoms with Crippen LogP contribution >= 0.6 is 0 Å². The predicted molar refractivity (Wildman–Crippen MR) is 91.7 cm³/mol. The van der Waals surface area contributed by atoms with Crippen LogP contribution in [-0.2, 0) is 12.7 Å². The third-order valence-corrected chi connectivity index (χ3v) is 3.67. The SMILES string of the molecule is NCCCn1nnc(-c2ccccc2Nc2ccc(C(F)(F)F)cc2)n1. The second kappa shape index (κ2) is 7.52. The molecule has 0 amide bonds. The zero-order valence-corrected chi connectivity index (χ0v) is 13.7. The first-order valence-electron chi connectivity index (χ1n) is 7.99. The molecule has 1 aromatic heterocycles. The van der Waals surface area contributed by atoms with Crippen LogP contribution in [0.2, 0.25) is 0 Å². The van der Waals surface area contributed by atoms with E-state index in [1.54, 1.807) is 6.07 Å². The van der Waals surface area contributed by atoms with Gasteiger partial charge in [-0.15, -0.1) is 10.2 Å². The van der Waals surface area contributed by atoms with E-state index in [1.807, 2.05) is 18.2 Å². The van der Waals surface area contributed by atoms with Crippen LogP contribution in [0.3, 0.4) is 0 Å². The van der Waals surface area contributed by atoms with Gasteiger partial charge in [-0.3, -0.25) is 0 Å². The molecule has 3 rings (SSSR count). The van der Waals surface area contributed by atoms with Crippen LogP contribution in [0.4, 0.5) is 24.5 Å². The van der Waals surface area contributed by atoms with Gasteiger partial charge in [0, 0.05) is 16.9 Å². The number of aryl methyl sites for hydroxylation is 1. The van der Waals surface area contributed by atoms with Gasteiger partial charge in [0.15, 0.2) is 0 Å². The minimum atomic E-state index is -4.36. The Morgan fingerprint density at radius 1 is 1.04 bits per heavy atom. The van der Waals surface area contributed by atoms with Crippen molar-refractivity contribution in [3.05, 3.63) is 54.1 Å². The second-order valence-corrected chi connectivity index (χ2v) is 5.60. The van der Waals surface area contributed by atoms with Crippen LogP contribution in [0, 0.1) is 0 Å². The minimum absolute atomic E-state index is 0.428. The summed E-state index contributed by atoms with van der Waals surface area (Å²) < 4.78 is 38.0. The molecule has 136 valence electrons. The summed E-state index contributed by atoms with van der Waals surface area (Å²) in [6.07, 6.45) is -3.62. The van der Waals surface area contributed by atoms with Crippen molar-refractivity contribution in [1.29, 1.82) is 0 Å². The van der Waals surface area contributed by atoms with Gasteiger partial charge in [-0.05, 0) is 54.6 Å². The zero-order valence-electron chi connectivity index (χ0n) is 13.7. The quantitative estimate of drug-likeness (QED) is 0.702. The summed E-state index contributed by atoms with van der Waals surface area (Å²) in [5.74, 6) is 0.428. The molecule has 1 heterocycles. The Labute approximate surface area is 147 Å². The Hall–Kier alpha value is -2.94. The number of nitrogens with two attached hydrogens (primary N) is 1. The van der Waals surface area contributed by atoms with Gasteiger partial charge in [0.25, 0.3) is 0 Å². The van der Waals surface area contributed by atoms with Crippen molar-refractivity contribution < 1.29 is 13.2 Å². The van der Waals surface area contributed by atoms with Crippen molar-refractivity contribution >= 4 is 11.4 Å². The number of nitrogens with zero attached hydrogens (tertiary/aromatic N) is 4. The van der Waals surface area contributed by atoms with Gasteiger partial charge in [0.1, 0.15) is 0 Å². The lowest BCUT2D eigenvalue weighted by Gasteiger charge is -2.11. The van der Waals surface area contributed by atoms with Gasteiger partial charge in [0.05, 0.1) is 12.1 Å². The highest BCUT2D eigenvalue weighted by Gasteiger charge is 2.29. The maximum Gasteiger partial charge on any atom is 0.416 e. The van der Waals surface area contributed by atoms with E-state index < -0.39 is 11.7 Å². The summed E-state index contributed by atoms with van der Waals surface area (Å²) in [6, 6.07) is 12.1. The van der Waals surface area contributed by atoms with Gasteiger partial charge in [-0.1, -0.05) is 12.1 Å².